The zero-order valence-electron chi connectivity index (χ0n) is 30.1. The molecule has 4 saturated carbocycles. The number of hydrogen-bond acceptors (Lipinski definition) is 7. The summed E-state index contributed by atoms with van der Waals surface area (Å²) in [6, 6.07) is 16.1. The van der Waals surface area contributed by atoms with Crippen molar-refractivity contribution in [1.82, 2.24) is 20.4 Å². The highest BCUT2D eigenvalue weighted by atomic mass is 16.5. The number of carboxylic acid groups (broad SMARTS) is 1. The molecule has 6 atom stereocenters. The van der Waals surface area contributed by atoms with Crippen molar-refractivity contribution in [2.24, 2.45) is 23.2 Å². The topological polar surface area (TPSA) is 137 Å². The molecule has 7 rings (SSSR count). The normalized spacial score (nSPS) is 28.1. The van der Waals surface area contributed by atoms with Gasteiger partial charge in [-0.1, -0.05) is 52.0 Å². The second-order valence-electron chi connectivity index (χ2n) is 14.6. The van der Waals surface area contributed by atoms with Crippen molar-refractivity contribution in [2.75, 3.05) is 38.8 Å². The number of benzene rings is 2. The number of carbonyl (C=O) groups excluding carboxylic acids is 2. The molecule has 4 aliphatic rings. The number of aliphatic carboxylic acids is 1. The summed E-state index contributed by atoms with van der Waals surface area (Å²) < 4.78 is 12.1. The number of para-hydroxylation sites is 1. The van der Waals surface area contributed by atoms with E-state index in [-0.39, 0.29) is 36.3 Å². The number of amides is 2. The van der Waals surface area contributed by atoms with E-state index in [1.807, 2.05) is 62.4 Å². The van der Waals surface area contributed by atoms with Gasteiger partial charge in [0.25, 0.3) is 5.91 Å². The molecule has 1 heterocycles. The number of nitrogens with one attached hydrogen (secondary N) is 2. The van der Waals surface area contributed by atoms with Gasteiger partial charge in [-0.25, -0.2) is 0 Å². The standard InChI is InChI=1S/C39H51N5O6/c1-7-43(8-2)20-18-32(45)41-34-28-21-26-22-37(34,33-30(49-5)15-12-16-31(33)50-6)24-38(23-26,39(28,25(3)4)36(47)48)44(27-13-10-9-11-14-27)35(46)29-17-19-40-42-29/h9-17,19,25-26,28,34H,7-8,18,20-24H2,1-6H3,(H,40,42)(H,41,45)(H,47,48). The quantitative estimate of drug-likeness (QED) is 0.202. The minimum atomic E-state index is -1.44. The lowest BCUT2D eigenvalue weighted by atomic mass is 9.33. The largest absolute Gasteiger partial charge is 0.496 e. The Balaban J connectivity index is 1.64. The van der Waals surface area contributed by atoms with Gasteiger partial charge < -0.3 is 24.8 Å². The molecular formula is C39H51N5O6. The van der Waals surface area contributed by atoms with Crippen LogP contribution in [0.3, 0.4) is 0 Å². The number of rotatable bonds is 14. The number of aromatic amines is 1. The van der Waals surface area contributed by atoms with Crippen molar-refractivity contribution in [3.05, 3.63) is 72.1 Å². The molecule has 11 nitrogen and oxygen atoms in total. The number of carbonyl (C=O) groups is 3. The van der Waals surface area contributed by atoms with Crippen LogP contribution in [0.15, 0.2) is 60.8 Å². The molecule has 3 aromatic rings. The number of H-pyrrole nitrogens is 1. The molecule has 50 heavy (non-hydrogen) atoms. The molecule has 0 radical (unpaired) electrons. The van der Waals surface area contributed by atoms with Gasteiger partial charge in [0.05, 0.1) is 25.2 Å². The third-order valence-electron chi connectivity index (χ3n) is 12.3. The molecular weight excluding hydrogens is 634 g/mol. The lowest BCUT2D eigenvalue weighted by Gasteiger charge is -2.74. The minimum absolute atomic E-state index is 0.0548. The van der Waals surface area contributed by atoms with Crippen molar-refractivity contribution in [2.45, 2.75) is 76.8 Å². The molecule has 4 aliphatic carbocycles. The van der Waals surface area contributed by atoms with Crippen LogP contribution < -0.4 is 19.7 Å². The van der Waals surface area contributed by atoms with Crippen LogP contribution in [0.1, 0.15) is 75.9 Å². The highest BCUT2D eigenvalue weighted by Crippen LogP contribution is 2.74. The van der Waals surface area contributed by atoms with Gasteiger partial charge in [0.1, 0.15) is 17.2 Å². The summed E-state index contributed by atoms with van der Waals surface area (Å²) in [5.41, 5.74) is -1.78. The van der Waals surface area contributed by atoms with Crippen LogP contribution in [0, 0.1) is 23.2 Å². The van der Waals surface area contributed by atoms with Gasteiger partial charge in [-0.2, -0.15) is 5.10 Å². The number of aromatic nitrogens is 2. The van der Waals surface area contributed by atoms with E-state index in [0.29, 0.717) is 43.0 Å². The average Bonchev–Trinajstić information content (AvgIpc) is 3.65. The maximum absolute atomic E-state index is 14.9. The second-order valence-corrected chi connectivity index (χ2v) is 14.6. The van der Waals surface area contributed by atoms with Gasteiger partial charge in [0.15, 0.2) is 0 Å². The lowest BCUT2D eigenvalue weighted by molar-refractivity contribution is -0.205. The summed E-state index contributed by atoms with van der Waals surface area (Å²) in [5.74, 6) is -1.07. The van der Waals surface area contributed by atoms with Crippen LogP contribution in [0.25, 0.3) is 0 Å². The molecule has 0 aliphatic heterocycles. The predicted molar refractivity (Wildman–Crippen MR) is 190 cm³/mol. The van der Waals surface area contributed by atoms with Crippen LogP contribution in [-0.2, 0) is 15.0 Å². The van der Waals surface area contributed by atoms with E-state index in [4.69, 9.17) is 9.47 Å². The van der Waals surface area contributed by atoms with E-state index in [9.17, 15) is 19.5 Å². The summed E-state index contributed by atoms with van der Waals surface area (Å²) in [6.45, 7) is 10.3. The van der Waals surface area contributed by atoms with Gasteiger partial charge >= 0.3 is 5.97 Å². The van der Waals surface area contributed by atoms with Crippen molar-refractivity contribution >= 4 is 23.5 Å². The Kier molecular flexibility index (Phi) is 9.74. The van der Waals surface area contributed by atoms with Crippen LogP contribution in [0.4, 0.5) is 5.69 Å². The fourth-order valence-electron chi connectivity index (χ4n) is 10.7. The van der Waals surface area contributed by atoms with Crippen molar-refractivity contribution < 1.29 is 29.0 Å². The highest BCUT2D eigenvalue weighted by molar-refractivity contribution is 6.07. The van der Waals surface area contributed by atoms with Crippen LogP contribution in [-0.4, -0.2) is 83.4 Å². The van der Waals surface area contributed by atoms with Gasteiger partial charge in [-0.05, 0) is 86.9 Å². The third-order valence-corrected chi connectivity index (χ3v) is 12.3. The number of methoxy groups -OCH3 is 2. The average molecular weight is 686 g/mol. The molecule has 0 saturated heterocycles. The Morgan fingerprint density at radius 2 is 1.68 bits per heavy atom. The Labute approximate surface area is 294 Å². The van der Waals surface area contributed by atoms with E-state index in [1.54, 1.807) is 25.2 Å². The van der Waals surface area contributed by atoms with Crippen LogP contribution in [0.2, 0.25) is 0 Å². The van der Waals surface area contributed by atoms with Crippen molar-refractivity contribution in [3.63, 3.8) is 0 Å². The van der Waals surface area contributed by atoms with E-state index >= 15 is 0 Å². The number of nitrogens with zero attached hydrogens (tertiary/aromatic N) is 3. The molecule has 0 spiro atoms. The van der Waals surface area contributed by atoms with Crippen LogP contribution >= 0.6 is 0 Å². The zero-order chi connectivity index (χ0) is 35.8. The van der Waals surface area contributed by atoms with Crippen molar-refractivity contribution in [3.8, 4) is 11.5 Å². The SMILES string of the molecule is CCN(CC)CCC(=O)NC1C2CC3CC1(c1c(OC)cccc1OC)CC(N(C(=O)c1ccn[nH]1)c1ccccc1)(C3)C2(C(=O)O)C(C)C. The third kappa shape index (κ3) is 5.27. The Bertz CT molecular complexity index is 1670. The summed E-state index contributed by atoms with van der Waals surface area (Å²) >= 11 is 0. The molecule has 2 amide bonds. The Morgan fingerprint density at radius 3 is 2.24 bits per heavy atom. The molecule has 4 fully saturated rings. The van der Waals surface area contributed by atoms with Gasteiger partial charge in [0.2, 0.25) is 5.91 Å². The fraction of sp³-hybridized carbons (Fsp3) is 0.538. The Morgan fingerprint density at radius 1 is 1.00 bits per heavy atom. The molecule has 11 heteroatoms. The minimum Gasteiger partial charge on any atom is -0.496 e. The number of anilines is 1. The monoisotopic (exact) mass is 685 g/mol. The first-order valence-electron chi connectivity index (χ1n) is 17.9. The predicted octanol–water partition coefficient (Wildman–Crippen LogP) is 5.53. The number of ether oxygens (including phenoxy) is 2. The summed E-state index contributed by atoms with van der Waals surface area (Å²) in [5, 5.41) is 22.2. The summed E-state index contributed by atoms with van der Waals surface area (Å²) in [4.78, 5) is 47.4. The first kappa shape index (κ1) is 35.4. The summed E-state index contributed by atoms with van der Waals surface area (Å²) in [7, 11) is 3.25. The van der Waals surface area contributed by atoms with E-state index in [2.05, 4.69) is 34.3 Å². The second kappa shape index (κ2) is 13.7. The molecule has 1 aromatic heterocycles. The maximum atomic E-state index is 14.9. The van der Waals surface area contributed by atoms with Crippen molar-refractivity contribution in [1.29, 1.82) is 0 Å². The van der Waals surface area contributed by atoms with E-state index in [0.717, 1.165) is 18.7 Å². The molecule has 2 aromatic carbocycles. The first-order chi connectivity index (χ1) is 24.0. The first-order valence-corrected chi connectivity index (χ1v) is 17.9. The number of carboxylic acids is 1. The van der Waals surface area contributed by atoms with Gasteiger partial charge in [0, 0.05) is 41.9 Å². The molecule has 4 bridgehead atoms. The highest BCUT2D eigenvalue weighted by Gasteiger charge is 2.79. The fourth-order valence-corrected chi connectivity index (χ4v) is 10.7. The van der Waals surface area contributed by atoms with E-state index < -0.39 is 40.2 Å². The smallest absolute Gasteiger partial charge is 0.312 e. The van der Waals surface area contributed by atoms with Gasteiger partial charge in [-0.3, -0.25) is 24.4 Å². The van der Waals surface area contributed by atoms with Gasteiger partial charge in [-0.15, -0.1) is 0 Å². The Hall–Kier alpha value is -4.38. The van der Waals surface area contributed by atoms with Crippen LogP contribution in [0.5, 0.6) is 11.5 Å². The lowest BCUT2D eigenvalue weighted by Crippen LogP contribution is -2.83. The molecule has 268 valence electrons. The molecule has 6 unspecified atom stereocenters. The maximum Gasteiger partial charge on any atom is 0.312 e. The molecule has 3 N–H and O–H groups in total. The number of hydrogen-bond donors (Lipinski definition) is 3. The van der Waals surface area contributed by atoms with E-state index in [1.165, 1.54) is 6.20 Å². The zero-order valence-corrected chi connectivity index (χ0v) is 30.1. The summed E-state index contributed by atoms with van der Waals surface area (Å²) in [6.07, 6.45) is 3.86.